The molecule has 0 aliphatic rings. The Bertz CT molecular complexity index is 880. The monoisotopic (exact) mass is 399 g/mol. The van der Waals surface area contributed by atoms with Crippen molar-refractivity contribution in [3.05, 3.63) is 70.2 Å². The fourth-order valence-corrected chi connectivity index (χ4v) is 3.83. The zero-order valence-corrected chi connectivity index (χ0v) is 19.0. The van der Waals surface area contributed by atoms with E-state index in [4.69, 9.17) is 0 Å². The van der Waals surface area contributed by atoms with Gasteiger partial charge in [0.15, 0.2) is 6.20 Å². The van der Waals surface area contributed by atoms with Crippen LogP contribution in [0.3, 0.4) is 0 Å². The summed E-state index contributed by atoms with van der Waals surface area (Å²) in [5.41, 5.74) is 10.4. The van der Waals surface area contributed by atoms with Gasteiger partial charge in [0.25, 0.3) is 0 Å². The molecule has 0 N–H and O–H groups in total. The minimum absolute atomic E-state index is 0. The zero-order chi connectivity index (χ0) is 19.1. The fourth-order valence-electron chi connectivity index (χ4n) is 3.25. The molecule has 0 fully saturated rings. The standard InChI is InChI=1S/C24H30NS.ClH/c1-17-9-8-10-21(22(17)25-11-12-26-16-25)18-13-19(23(2,3)4)15-20(14-18)24(5,6)7;/h8-16H,1-7H3;1H/q+1;/p-1. The van der Waals surface area contributed by atoms with Crippen LogP contribution >= 0.6 is 11.3 Å². The molecule has 0 unspecified atom stereocenters. The lowest BCUT2D eigenvalue weighted by atomic mass is 9.78. The Kier molecular flexibility index (Phi) is 6.23. The smallest absolute Gasteiger partial charge is 0.230 e. The normalized spacial score (nSPS) is 12.0. The molecule has 3 heteroatoms. The first-order chi connectivity index (χ1) is 12.1. The molecule has 3 rings (SSSR count). The first-order valence-electron chi connectivity index (χ1n) is 9.27. The molecule has 0 aliphatic carbocycles. The average Bonchev–Trinajstić information content (AvgIpc) is 3.06. The molecule has 0 aliphatic heterocycles. The van der Waals surface area contributed by atoms with Crippen molar-refractivity contribution in [2.75, 3.05) is 0 Å². The molecule has 0 spiro atoms. The molecule has 0 bridgehead atoms. The predicted octanol–water partition coefficient (Wildman–Crippen LogP) is 3.60. The lowest BCUT2D eigenvalue weighted by Crippen LogP contribution is -3.00. The van der Waals surface area contributed by atoms with E-state index in [-0.39, 0.29) is 23.2 Å². The van der Waals surface area contributed by atoms with Gasteiger partial charge in [-0.2, -0.15) is 4.57 Å². The maximum atomic E-state index is 2.39. The highest BCUT2D eigenvalue weighted by Gasteiger charge is 2.23. The minimum Gasteiger partial charge on any atom is -1.00 e. The van der Waals surface area contributed by atoms with Crippen LogP contribution in [0.1, 0.15) is 58.2 Å². The van der Waals surface area contributed by atoms with Crippen LogP contribution in [0, 0.1) is 6.92 Å². The van der Waals surface area contributed by atoms with Crippen LogP contribution < -0.4 is 17.0 Å². The summed E-state index contributed by atoms with van der Waals surface area (Å²) in [6, 6.07) is 13.8. The lowest BCUT2D eigenvalue weighted by Gasteiger charge is -2.26. The third-order valence-corrected chi connectivity index (χ3v) is 5.57. The Morgan fingerprint density at radius 2 is 1.44 bits per heavy atom. The molecule has 1 aromatic heterocycles. The Morgan fingerprint density at radius 1 is 0.852 bits per heavy atom. The van der Waals surface area contributed by atoms with Crippen LogP contribution in [-0.4, -0.2) is 0 Å². The minimum atomic E-state index is 0. The molecule has 2 aromatic carbocycles. The van der Waals surface area contributed by atoms with Gasteiger partial charge in [0.2, 0.25) is 11.2 Å². The number of para-hydroxylation sites is 1. The first-order valence-corrected chi connectivity index (χ1v) is 10.2. The summed E-state index contributed by atoms with van der Waals surface area (Å²) >= 11 is 1.72. The molecule has 144 valence electrons. The van der Waals surface area contributed by atoms with Crippen molar-refractivity contribution in [3.63, 3.8) is 0 Å². The van der Waals surface area contributed by atoms with Crippen LogP contribution in [0.2, 0.25) is 0 Å². The third kappa shape index (κ3) is 4.62. The van der Waals surface area contributed by atoms with Crippen LogP contribution in [0.15, 0.2) is 53.5 Å². The molecule has 0 atom stereocenters. The molecule has 0 amide bonds. The number of rotatable bonds is 2. The Labute approximate surface area is 174 Å². The lowest BCUT2D eigenvalue weighted by molar-refractivity contribution is -0.589. The number of hydrogen-bond acceptors (Lipinski definition) is 1. The van der Waals surface area contributed by atoms with Gasteiger partial charge in [0, 0.05) is 5.56 Å². The summed E-state index contributed by atoms with van der Waals surface area (Å²) in [6.45, 7) is 16.0. The molecular weight excluding hydrogens is 370 g/mol. The molecule has 3 aromatic rings. The topological polar surface area (TPSA) is 3.88 Å². The number of thiazole rings is 1. The maximum Gasteiger partial charge on any atom is 0.230 e. The van der Waals surface area contributed by atoms with Gasteiger partial charge >= 0.3 is 0 Å². The molecule has 0 saturated carbocycles. The second kappa shape index (κ2) is 7.77. The second-order valence-electron chi connectivity index (χ2n) is 9.20. The van der Waals surface area contributed by atoms with E-state index in [1.165, 1.54) is 33.5 Å². The predicted molar refractivity (Wildman–Crippen MR) is 113 cm³/mol. The van der Waals surface area contributed by atoms with Gasteiger partial charge in [-0.1, -0.05) is 83.2 Å². The van der Waals surface area contributed by atoms with Crippen molar-refractivity contribution in [1.82, 2.24) is 0 Å². The van der Waals surface area contributed by atoms with E-state index in [2.05, 4.69) is 107 Å². The van der Waals surface area contributed by atoms with Crippen LogP contribution in [0.5, 0.6) is 0 Å². The molecular formula is C24H30ClNS. The zero-order valence-electron chi connectivity index (χ0n) is 17.4. The number of halogens is 1. The SMILES string of the molecule is Cc1cccc(-c2cc(C(C)(C)C)cc(C(C)(C)C)c2)c1-[n+]1ccsc1.[Cl-]. The highest BCUT2D eigenvalue weighted by molar-refractivity contribution is 7.07. The number of aryl methyl sites for hydroxylation is 1. The molecule has 27 heavy (non-hydrogen) atoms. The number of nitrogens with zero attached hydrogens (tertiary/aromatic N) is 1. The summed E-state index contributed by atoms with van der Waals surface area (Å²) in [4.78, 5) is 0. The Balaban J connectivity index is 0.00000261. The van der Waals surface area contributed by atoms with Crippen LogP contribution in [-0.2, 0) is 10.8 Å². The van der Waals surface area contributed by atoms with Gasteiger partial charge in [0.05, 0.1) is 10.9 Å². The van der Waals surface area contributed by atoms with Gasteiger partial charge in [-0.3, -0.25) is 0 Å². The summed E-state index contributed by atoms with van der Waals surface area (Å²) < 4.78 is 2.25. The quantitative estimate of drug-likeness (QED) is 0.580. The number of aromatic nitrogens is 1. The molecule has 1 nitrogen and oxygen atoms in total. The van der Waals surface area contributed by atoms with Gasteiger partial charge in [-0.15, -0.1) is 0 Å². The van der Waals surface area contributed by atoms with E-state index in [0.29, 0.717) is 0 Å². The Morgan fingerprint density at radius 3 is 1.93 bits per heavy atom. The van der Waals surface area contributed by atoms with Crippen molar-refractivity contribution in [3.8, 4) is 16.8 Å². The molecule has 0 radical (unpaired) electrons. The van der Waals surface area contributed by atoms with Crippen molar-refractivity contribution >= 4 is 11.3 Å². The highest BCUT2D eigenvalue weighted by atomic mass is 35.5. The largest absolute Gasteiger partial charge is 1.00 e. The van der Waals surface area contributed by atoms with E-state index < -0.39 is 0 Å². The van der Waals surface area contributed by atoms with Gasteiger partial charge in [0.1, 0.15) is 0 Å². The fraction of sp³-hybridized carbons (Fsp3) is 0.375. The highest BCUT2D eigenvalue weighted by Crippen LogP contribution is 2.35. The molecule has 1 heterocycles. The van der Waals surface area contributed by atoms with E-state index in [1.807, 2.05) is 0 Å². The first kappa shape index (κ1) is 21.7. The Hall–Kier alpha value is -1.64. The van der Waals surface area contributed by atoms with E-state index in [9.17, 15) is 0 Å². The van der Waals surface area contributed by atoms with E-state index >= 15 is 0 Å². The van der Waals surface area contributed by atoms with Gasteiger partial charge in [-0.05, 0) is 40.5 Å². The van der Waals surface area contributed by atoms with Crippen molar-refractivity contribution in [1.29, 1.82) is 0 Å². The summed E-state index contributed by atoms with van der Waals surface area (Å²) in [5, 5.41) is 2.13. The van der Waals surface area contributed by atoms with Crippen molar-refractivity contribution in [2.24, 2.45) is 0 Å². The van der Waals surface area contributed by atoms with Gasteiger partial charge < -0.3 is 12.4 Å². The summed E-state index contributed by atoms with van der Waals surface area (Å²) in [5.74, 6) is 0. The van der Waals surface area contributed by atoms with E-state index in [0.717, 1.165) is 0 Å². The van der Waals surface area contributed by atoms with Crippen LogP contribution in [0.25, 0.3) is 16.8 Å². The third-order valence-electron chi connectivity index (χ3n) is 4.95. The van der Waals surface area contributed by atoms with Crippen molar-refractivity contribution in [2.45, 2.75) is 59.3 Å². The summed E-state index contributed by atoms with van der Waals surface area (Å²) in [7, 11) is 0. The number of hydrogen-bond donors (Lipinski definition) is 0. The van der Waals surface area contributed by atoms with Gasteiger partial charge in [-0.25, -0.2) is 0 Å². The number of benzene rings is 2. The maximum absolute atomic E-state index is 2.39. The molecule has 0 saturated heterocycles. The average molecular weight is 400 g/mol. The van der Waals surface area contributed by atoms with Crippen molar-refractivity contribution < 1.29 is 17.0 Å². The van der Waals surface area contributed by atoms with Crippen LogP contribution in [0.4, 0.5) is 0 Å². The second-order valence-corrected chi connectivity index (χ2v) is 9.96. The summed E-state index contributed by atoms with van der Waals surface area (Å²) in [6.07, 6.45) is 2.15. The van der Waals surface area contributed by atoms with E-state index in [1.54, 1.807) is 11.3 Å².